The molecule has 1 aromatic carbocycles. The normalized spacial score (nSPS) is 18.9. The summed E-state index contributed by atoms with van der Waals surface area (Å²) in [6.45, 7) is 0. The van der Waals surface area contributed by atoms with Crippen LogP contribution in [0.3, 0.4) is 0 Å². The number of benzene rings is 1. The second-order valence-electron chi connectivity index (χ2n) is 3.99. The van der Waals surface area contributed by atoms with Gasteiger partial charge in [-0.3, -0.25) is 0 Å². The Hall–Kier alpha value is -1.65. The number of hydrogen-bond acceptors (Lipinski definition) is 2. The van der Waals surface area contributed by atoms with Gasteiger partial charge in [0.25, 0.3) is 5.92 Å². The van der Waals surface area contributed by atoms with Crippen molar-refractivity contribution in [3.8, 4) is 0 Å². The molecule has 0 radical (unpaired) electrons. The average molecular weight is 227 g/mol. The molecule has 86 valence electrons. The van der Waals surface area contributed by atoms with Gasteiger partial charge in [-0.1, -0.05) is 6.07 Å². The van der Waals surface area contributed by atoms with Crippen molar-refractivity contribution in [2.24, 2.45) is 0 Å². The summed E-state index contributed by atoms with van der Waals surface area (Å²) >= 11 is 0. The Morgan fingerprint density at radius 1 is 1.44 bits per heavy atom. The van der Waals surface area contributed by atoms with Crippen LogP contribution in [0.2, 0.25) is 0 Å². The van der Waals surface area contributed by atoms with E-state index in [0.717, 1.165) is 0 Å². The van der Waals surface area contributed by atoms with Crippen LogP contribution in [-0.4, -0.2) is 23.0 Å². The fourth-order valence-corrected chi connectivity index (χ4v) is 1.74. The zero-order valence-corrected chi connectivity index (χ0v) is 8.41. The fourth-order valence-electron chi connectivity index (χ4n) is 1.74. The third-order valence-electron chi connectivity index (χ3n) is 2.57. The van der Waals surface area contributed by atoms with Crippen LogP contribution >= 0.6 is 0 Å². The van der Waals surface area contributed by atoms with Crippen LogP contribution in [0.25, 0.3) is 0 Å². The largest absolute Gasteiger partial charge is 0.478 e. The molecule has 0 heterocycles. The molecule has 0 bridgehead atoms. The smallest absolute Gasteiger partial charge is 0.335 e. The topological polar surface area (TPSA) is 49.3 Å². The molecule has 0 aliphatic heterocycles. The van der Waals surface area contributed by atoms with Crippen LogP contribution in [0.4, 0.5) is 14.5 Å². The van der Waals surface area contributed by atoms with E-state index in [1.165, 1.54) is 12.1 Å². The molecule has 0 saturated heterocycles. The van der Waals surface area contributed by atoms with Gasteiger partial charge in [-0.05, 0) is 18.2 Å². The van der Waals surface area contributed by atoms with Crippen molar-refractivity contribution in [2.75, 3.05) is 5.32 Å². The summed E-state index contributed by atoms with van der Waals surface area (Å²) in [7, 11) is 0. The predicted molar refractivity (Wildman–Crippen MR) is 55.0 cm³/mol. The van der Waals surface area contributed by atoms with E-state index in [4.69, 9.17) is 5.11 Å². The molecule has 3 nitrogen and oxygen atoms in total. The highest BCUT2D eigenvalue weighted by molar-refractivity contribution is 5.88. The molecule has 16 heavy (non-hydrogen) atoms. The summed E-state index contributed by atoms with van der Waals surface area (Å²) in [6, 6.07) is 5.90. The summed E-state index contributed by atoms with van der Waals surface area (Å²) in [5.41, 5.74) is 0.719. The van der Waals surface area contributed by atoms with Crippen LogP contribution < -0.4 is 5.32 Å². The first kappa shape index (κ1) is 10.9. The first-order valence-corrected chi connectivity index (χ1v) is 4.94. The van der Waals surface area contributed by atoms with E-state index in [1.54, 1.807) is 12.1 Å². The zero-order chi connectivity index (χ0) is 11.8. The number of aromatic carboxylic acids is 1. The molecule has 1 aliphatic carbocycles. The van der Waals surface area contributed by atoms with Crippen LogP contribution in [0, 0.1) is 0 Å². The van der Waals surface area contributed by atoms with E-state index >= 15 is 0 Å². The van der Waals surface area contributed by atoms with E-state index in [-0.39, 0.29) is 24.4 Å². The lowest BCUT2D eigenvalue weighted by atomic mass is 9.88. The molecule has 2 rings (SSSR count). The maximum absolute atomic E-state index is 12.6. The van der Waals surface area contributed by atoms with Gasteiger partial charge >= 0.3 is 5.97 Å². The Morgan fingerprint density at radius 3 is 2.69 bits per heavy atom. The van der Waals surface area contributed by atoms with E-state index in [2.05, 4.69) is 5.32 Å². The van der Waals surface area contributed by atoms with Crippen LogP contribution in [-0.2, 0) is 0 Å². The SMILES string of the molecule is O=C(O)c1cccc(NC2CC(F)(F)C2)c1. The van der Waals surface area contributed by atoms with Gasteiger partial charge in [0.05, 0.1) is 5.56 Å². The Bertz CT molecular complexity index is 412. The van der Waals surface area contributed by atoms with Gasteiger partial charge in [0, 0.05) is 24.6 Å². The lowest BCUT2D eigenvalue weighted by molar-refractivity contribution is -0.0793. The first-order valence-electron chi connectivity index (χ1n) is 4.94. The number of carboxylic acid groups (broad SMARTS) is 1. The lowest BCUT2D eigenvalue weighted by Gasteiger charge is -2.36. The maximum atomic E-state index is 12.6. The van der Waals surface area contributed by atoms with Crippen LogP contribution in [0.5, 0.6) is 0 Å². The average Bonchev–Trinajstić information content (AvgIpc) is 2.15. The van der Waals surface area contributed by atoms with Crippen LogP contribution in [0.15, 0.2) is 24.3 Å². The van der Waals surface area contributed by atoms with Crippen LogP contribution in [0.1, 0.15) is 23.2 Å². The number of carbonyl (C=O) groups is 1. The van der Waals surface area contributed by atoms with Crippen molar-refractivity contribution in [2.45, 2.75) is 24.8 Å². The number of hydrogen-bond donors (Lipinski definition) is 2. The zero-order valence-electron chi connectivity index (χ0n) is 8.41. The molecular weight excluding hydrogens is 216 g/mol. The van der Waals surface area contributed by atoms with E-state index in [0.29, 0.717) is 5.69 Å². The summed E-state index contributed by atoms with van der Waals surface area (Å²) in [5, 5.41) is 11.6. The second kappa shape index (κ2) is 3.73. The highest BCUT2D eigenvalue weighted by Crippen LogP contribution is 2.39. The summed E-state index contributed by atoms with van der Waals surface area (Å²) in [5.74, 6) is -3.59. The van der Waals surface area contributed by atoms with Crippen molar-refractivity contribution >= 4 is 11.7 Å². The van der Waals surface area contributed by atoms with Gasteiger partial charge in [-0.15, -0.1) is 0 Å². The van der Waals surface area contributed by atoms with E-state index in [1.807, 2.05) is 0 Å². The van der Waals surface area contributed by atoms with Crippen molar-refractivity contribution in [1.82, 2.24) is 0 Å². The van der Waals surface area contributed by atoms with E-state index < -0.39 is 11.9 Å². The monoisotopic (exact) mass is 227 g/mol. The van der Waals surface area contributed by atoms with Gasteiger partial charge in [0.2, 0.25) is 0 Å². The van der Waals surface area contributed by atoms with Crippen molar-refractivity contribution in [3.63, 3.8) is 0 Å². The fraction of sp³-hybridized carbons (Fsp3) is 0.364. The molecule has 1 aliphatic rings. The van der Waals surface area contributed by atoms with Gasteiger partial charge < -0.3 is 10.4 Å². The molecule has 0 spiro atoms. The molecule has 0 atom stereocenters. The number of halogens is 2. The second-order valence-corrected chi connectivity index (χ2v) is 3.99. The number of anilines is 1. The van der Waals surface area contributed by atoms with Crippen molar-refractivity contribution in [1.29, 1.82) is 0 Å². The molecule has 1 saturated carbocycles. The maximum Gasteiger partial charge on any atom is 0.335 e. The Balaban J connectivity index is 2.00. The Kier molecular flexibility index (Phi) is 2.53. The summed E-state index contributed by atoms with van der Waals surface area (Å²) in [6.07, 6.45) is -0.380. The molecule has 1 fully saturated rings. The van der Waals surface area contributed by atoms with Gasteiger partial charge in [-0.25, -0.2) is 13.6 Å². The third kappa shape index (κ3) is 2.29. The predicted octanol–water partition coefficient (Wildman–Crippen LogP) is 2.59. The standard InChI is InChI=1S/C11H11F2NO2/c12-11(13)5-9(6-11)14-8-3-1-2-7(4-8)10(15)16/h1-4,9,14H,5-6H2,(H,15,16). The van der Waals surface area contributed by atoms with Gasteiger partial charge in [0.1, 0.15) is 0 Å². The summed E-state index contributed by atoms with van der Waals surface area (Å²) in [4.78, 5) is 10.7. The summed E-state index contributed by atoms with van der Waals surface area (Å²) < 4.78 is 25.1. The lowest BCUT2D eigenvalue weighted by Crippen LogP contribution is -2.44. The molecule has 1 aromatic rings. The molecular formula is C11H11F2NO2. The minimum absolute atomic E-state index is 0.149. The van der Waals surface area contributed by atoms with Gasteiger partial charge in [-0.2, -0.15) is 0 Å². The van der Waals surface area contributed by atoms with Crippen molar-refractivity contribution < 1.29 is 18.7 Å². The third-order valence-corrected chi connectivity index (χ3v) is 2.57. The number of nitrogens with one attached hydrogen (secondary N) is 1. The molecule has 0 unspecified atom stereocenters. The minimum atomic E-state index is -2.57. The van der Waals surface area contributed by atoms with Crippen molar-refractivity contribution in [3.05, 3.63) is 29.8 Å². The number of carboxylic acids is 1. The quantitative estimate of drug-likeness (QED) is 0.834. The first-order chi connectivity index (χ1) is 7.46. The van der Waals surface area contributed by atoms with E-state index in [9.17, 15) is 13.6 Å². The highest BCUT2D eigenvalue weighted by Gasteiger charge is 2.45. The number of rotatable bonds is 3. The Morgan fingerprint density at radius 2 is 2.12 bits per heavy atom. The highest BCUT2D eigenvalue weighted by atomic mass is 19.3. The molecule has 2 N–H and O–H groups in total. The molecule has 0 aromatic heterocycles. The Labute approximate surface area is 91.1 Å². The minimum Gasteiger partial charge on any atom is -0.478 e. The number of alkyl halides is 2. The molecule has 0 amide bonds. The van der Waals surface area contributed by atoms with Gasteiger partial charge in [0.15, 0.2) is 0 Å². The molecule has 5 heteroatoms.